The lowest BCUT2D eigenvalue weighted by Crippen LogP contribution is -2.33. The number of carbonyl (C=O) groups is 1. The third-order valence-electron chi connectivity index (χ3n) is 3.18. The van der Waals surface area contributed by atoms with Gasteiger partial charge in [-0.15, -0.1) is 0 Å². The van der Waals surface area contributed by atoms with E-state index in [4.69, 9.17) is 5.11 Å². The van der Waals surface area contributed by atoms with E-state index in [0.29, 0.717) is 5.92 Å². The molecule has 1 saturated heterocycles. The third-order valence-corrected chi connectivity index (χ3v) is 3.18. The maximum atomic E-state index is 10.9. The van der Waals surface area contributed by atoms with Crippen LogP contribution in [0.5, 0.6) is 0 Å². The summed E-state index contributed by atoms with van der Waals surface area (Å²) in [5.74, 6) is -0.165. The SMILES string of the molecule is CCC(CC1CCCN(C)C1)C(=O)O. The first-order valence-electron chi connectivity index (χ1n) is 5.54. The fourth-order valence-electron chi connectivity index (χ4n) is 2.31. The molecule has 1 rings (SSSR count). The molecule has 0 bridgehead atoms. The zero-order chi connectivity index (χ0) is 10.6. The van der Waals surface area contributed by atoms with Crippen molar-refractivity contribution in [2.45, 2.75) is 32.6 Å². The van der Waals surface area contributed by atoms with Gasteiger partial charge in [0.05, 0.1) is 5.92 Å². The second-order valence-electron chi connectivity index (χ2n) is 4.45. The minimum Gasteiger partial charge on any atom is -0.481 e. The molecule has 1 fully saturated rings. The Morgan fingerprint density at radius 1 is 1.64 bits per heavy atom. The molecule has 1 aliphatic heterocycles. The second-order valence-corrected chi connectivity index (χ2v) is 4.45. The lowest BCUT2D eigenvalue weighted by molar-refractivity contribution is -0.142. The molecule has 0 aliphatic carbocycles. The summed E-state index contributed by atoms with van der Waals surface area (Å²) in [6.07, 6.45) is 4.04. The van der Waals surface area contributed by atoms with Gasteiger partial charge in [-0.1, -0.05) is 6.92 Å². The lowest BCUT2D eigenvalue weighted by atomic mass is 9.87. The second kappa shape index (κ2) is 5.35. The highest BCUT2D eigenvalue weighted by molar-refractivity contribution is 5.69. The van der Waals surface area contributed by atoms with Gasteiger partial charge in [0.25, 0.3) is 0 Å². The average Bonchev–Trinajstić information content (AvgIpc) is 2.14. The van der Waals surface area contributed by atoms with E-state index in [1.807, 2.05) is 6.92 Å². The van der Waals surface area contributed by atoms with Gasteiger partial charge >= 0.3 is 5.97 Å². The van der Waals surface area contributed by atoms with Crippen LogP contribution in [0.4, 0.5) is 0 Å². The summed E-state index contributed by atoms with van der Waals surface area (Å²) in [7, 11) is 2.12. The van der Waals surface area contributed by atoms with Crippen molar-refractivity contribution >= 4 is 5.97 Å². The quantitative estimate of drug-likeness (QED) is 0.751. The van der Waals surface area contributed by atoms with E-state index in [-0.39, 0.29) is 5.92 Å². The van der Waals surface area contributed by atoms with Crippen molar-refractivity contribution in [2.24, 2.45) is 11.8 Å². The first-order chi connectivity index (χ1) is 6.63. The van der Waals surface area contributed by atoms with Crippen molar-refractivity contribution in [3.05, 3.63) is 0 Å². The van der Waals surface area contributed by atoms with Gasteiger partial charge in [-0.05, 0) is 45.2 Å². The van der Waals surface area contributed by atoms with Crippen molar-refractivity contribution in [1.29, 1.82) is 0 Å². The van der Waals surface area contributed by atoms with Gasteiger partial charge in [0, 0.05) is 6.54 Å². The third kappa shape index (κ3) is 3.29. The van der Waals surface area contributed by atoms with Crippen LogP contribution in [0.3, 0.4) is 0 Å². The maximum Gasteiger partial charge on any atom is 0.306 e. The summed E-state index contributed by atoms with van der Waals surface area (Å²) in [4.78, 5) is 13.2. The molecule has 0 amide bonds. The molecule has 0 aromatic rings. The maximum absolute atomic E-state index is 10.9. The van der Waals surface area contributed by atoms with Crippen LogP contribution in [0.15, 0.2) is 0 Å². The molecule has 3 nitrogen and oxygen atoms in total. The Kier molecular flexibility index (Phi) is 4.39. The van der Waals surface area contributed by atoms with Crippen molar-refractivity contribution in [3.63, 3.8) is 0 Å². The number of carboxylic acid groups (broad SMARTS) is 1. The topological polar surface area (TPSA) is 40.5 Å². The monoisotopic (exact) mass is 199 g/mol. The molecule has 0 aromatic heterocycles. The molecule has 2 unspecified atom stereocenters. The number of hydrogen-bond donors (Lipinski definition) is 1. The summed E-state index contributed by atoms with van der Waals surface area (Å²) < 4.78 is 0. The zero-order valence-electron chi connectivity index (χ0n) is 9.20. The fourth-order valence-corrected chi connectivity index (χ4v) is 2.31. The molecule has 0 radical (unpaired) electrons. The Bertz CT molecular complexity index is 194. The Labute approximate surface area is 86.1 Å². The zero-order valence-corrected chi connectivity index (χ0v) is 9.20. The van der Waals surface area contributed by atoms with Crippen LogP contribution in [0.1, 0.15) is 32.6 Å². The first-order valence-corrected chi connectivity index (χ1v) is 5.54. The Morgan fingerprint density at radius 3 is 2.86 bits per heavy atom. The number of carboxylic acids is 1. The van der Waals surface area contributed by atoms with Crippen molar-refractivity contribution in [3.8, 4) is 0 Å². The summed E-state index contributed by atoms with van der Waals surface area (Å²) in [6.45, 7) is 4.20. The number of likely N-dealkylation sites (tertiary alicyclic amines) is 1. The van der Waals surface area contributed by atoms with Crippen LogP contribution in [0, 0.1) is 11.8 Å². The van der Waals surface area contributed by atoms with E-state index < -0.39 is 5.97 Å². The van der Waals surface area contributed by atoms with Crippen LogP contribution < -0.4 is 0 Å². The van der Waals surface area contributed by atoms with Crippen molar-refractivity contribution < 1.29 is 9.90 Å². The van der Waals surface area contributed by atoms with Crippen LogP contribution in [-0.2, 0) is 4.79 Å². The number of hydrogen-bond acceptors (Lipinski definition) is 2. The van der Waals surface area contributed by atoms with Crippen LogP contribution in [0.2, 0.25) is 0 Å². The lowest BCUT2D eigenvalue weighted by Gasteiger charge is -2.30. The summed E-state index contributed by atoms with van der Waals surface area (Å²) in [6, 6.07) is 0. The van der Waals surface area contributed by atoms with Crippen LogP contribution in [0.25, 0.3) is 0 Å². The number of nitrogens with zero attached hydrogens (tertiary/aromatic N) is 1. The normalized spacial score (nSPS) is 26.0. The molecule has 82 valence electrons. The molecule has 1 N–H and O–H groups in total. The highest BCUT2D eigenvalue weighted by atomic mass is 16.4. The molecule has 14 heavy (non-hydrogen) atoms. The Hall–Kier alpha value is -0.570. The van der Waals surface area contributed by atoms with Gasteiger partial charge in [0.15, 0.2) is 0 Å². The van der Waals surface area contributed by atoms with Gasteiger partial charge in [-0.25, -0.2) is 0 Å². The van der Waals surface area contributed by atoms with Crippen LogP contribution >= 0.6 is 0 Å². The van der Waals surface area contributed by atoms with Gasteiger partial charge in [-0.3, -0.25) is 4.79 Å². The number of aliphatic carboxylic acids is 1. The summed E-state index contributed by atoms with van der Waals surface area (Å²) in [5, 5.41) is 8.96. The molecule has 0 spiro atoms. The standard InChI is InChI=1S/C11H21NO2/c1-3-10(11(13)14)7-9-5-4-6-12(2)8-9/h9-10H,3-8H2,1-2H3,(H,13,14). The largest absolute Gasteiger partial charge is 0.481 e. The van der Waals surface area contributed by atoms with Crippen molar-refractivity contribution in [2.75, 3.05) is 20.1 Å². The Balaban J connectivity index is 2.37. The van der Waals surface area contributed by atoms with Crippen LogP contribution in [-0.4, -0.2) is 36.1 Å². The van der Waals surface area contributed by atoms with E-state index in [9.17, 15) is 4.79 Å². The minimum atomic E-state index is -0.624. The highest BCUT2D eigenvalue weighted by Crippen LogP contribution is 2.24. The average molecular weight is 199 g/mol. The van der Waals surface area contributed by atoms with E-state index in [0.717, 1.165) is 19.4 Å². The van der Waals surface area contributed by atoms with E-state index >= 15 is 0 Å². The molecule has 1 heterocycles. The number of piperidine rings is 1. The highest BCUT2D eigenvalue weighted by Gasteiger charge is 2.23. The molecule has 0 aromatic carbocycles. The number of rotatable bonds is 4. The van der Waals surface area contributed by atoms with Crippen molar-refractivity contribution in [1.82, 2.24) is 4.90 Å². The van der Waals surface area contributed by atoms with Gasteiger partial charge in [-0.2, -0.15) is 0 Å². The van der Waals surface area contributed by atoms with Gasteiger partial charge in [0.2, 0.25) is 0 Å². The molecular formula is C11H21NO2. The smallest absolute Gasteiger partial charge is 0.306 e. The molecule has 2 atom stereocenters. The van der Waals surface area contributed by atoms with E-state index in [1.54, 1.807) is 0 Å². The summed E-state index contributed by atoms with van der Waals surface area (Å²) >= 11 is 0. The molecule has 1 aliphatic rings. The van der Waals surface area contributed by atoms with E-state index in [2.05, 4.69) is 11.9 Å². The van der Waals surface area contributed by atoms with Gasteiger partial charge in [0.1, 0.15) is 0 Å². The Morgan fingerprint density at radius 2 is 2.36 bits per heavy atom. The first kappa shape index (κ1) is 11.5. The summed E-state index contributed by atoms with van der Waals surface area (Å²) in [5.41, 5.74) is 0. The molecule has 3 heteroatoms. The predicted molar refractivity (Wildman–Crippen MR) is 56.3 cm³/mol. The predicted octanol–water partition coefficient (Wildman–Crippen LogP) is 1.83. The fraction of sp³-hybridized carbons (Fsp3) is 0.909. The minimum absolute atomic E-state index is 0.133. The molecule has 0 saturated carbocycles. The van der Waals surface area contributed by atoms with E-state index in [1.165, 1.54) is 19.4 Å². The molecular weight excluding hydrogens is 178 g/mol. The van der Waals surface area contributed by atoms with Gasteiger partial charge < -0.3 is 10.0 Å².